The first kappa shape index (κ1) is 10.2. The number of rotatable bonds is 2. The summed E-state index contributed by atoms with van der Waals surface area (Å²) in [5.74, 6) is 0.204. The van der Waals surface area contributed by atoms with E-state index < -0.39 is 0 Å². The van der Waals surface area contributed by atoms with Gasteiger partial charge in [0, 0.05) is 0 Å². The van der Waals surface area contributed by atoms with Crippen molar-refractivity contribution in [2.75, 3.05) is 6.61 Å². The number of ether oxygens (including phenoxy) is 1. The van der Waals surface area contributed by atoms with Crippen molar-refractivity contribution >= 4 is 12.2 Å². The Morgan fingerprint density at radius 1 is 1.62 bits per heavy atom. The van der Waals surface area contributed by atoms with Crippen LogP contribution in [0.1, 0.15) is 27.2 Å². The fourth-order valence-electron chi connectivity index (χ4n) is 1.78. The molecule has 0 N–H and O–H groups in total. The van der Waals surface area contributed by atoms with Crippen molar-refractivity contribution in [1.29, 1.82) is 0 Å². The molecule has 13 heavy (non-hydrogen) atoms. The second-order valence-electron chi connectivity index (χ2n) is 3.56. The molecule has 0 fully saturated rings. The van der Waals surface area contributed by atoms with E-state index in [1.54, 1.807) is 0 Å². The molecule has 0 aliphatic carbocycles. The van der Waals surface area contributed by atoms with Crippen LogP contribution in [0.15, 0.2) is 4.99 Å². The van der Waals surface area contributed by atoms with Crippen molar-refractivity contribution in [3.8, 4) is 0 Å². The second kappa shape index (κ2) is 4.40. The van der Waals surface area contributed by atoms with Gasteiger partial charge in [-0.2, -0.15) is 0 Å². The lowest BCUT2D eigenvalue weighted by Gasteiger charge is -2.27. The first-order valence-corrected chi connectivity index (χ1v) is 4.85. The summed E-state index contributed by atoms with van der Waals surface area (Å²) in [5.41, 5.74) is 0. The predicted molar refractivity (Wildman–Crippen MR) is 51.9 cm³/mol. The summed E-state index contributed by atoms with van der Waals surface area (Å²) < 4.78 is 5.01. The summed E-state index contributed by atoms with van der Waals surface area (Å²) in [6.45, 7) is 6.33. The van der Waals surface area contributed by atoms with E-state index in [1.165, 1.54) is 0 Å². The molecule has 0 bridgehead atoms. The van der Waals surface area contributed by atoms with Gasteiger partial charge in [0.2, 0.25) is 0 Å². The summed E-state index contributed by atoms with van der Waals surface area (Å²) in [5, 5.41) is 0. The third kappa shape index (κ3) is 2.29. The van der Waals surface area contributed by atoms with E-state index in [4.69, 9.17) is 4.74 Å². The molecule has 1 heterocycles. The Bertz CT molecular complexity index is 213. The Morgan fingerprint density at radius 3 is 2.85 bits per heavy atom. The second-order valence-corrected chi connectivity index (χ2v) is 3.56. The normalized spacial score (nSPS) is 33.0. The van der Waals surface area contributed by atoms with Crippen LogP contribution in [0, 0.1) is 11.8 Å². The minimum Gasteiger partial charge on any atom is -0.466 e. The van der Waals surface area contributed by atoms with Gasteiger partial charge in [-0.05, 0) is 32.4 Å². The zero-order valence-corrected chi connectivity index (χ0v) is 8.49. The van der Waals surface area contributed by atoms with Crippen molar-refractivity contribution < 1.29 is 9.53 Å². The molecule has 0 aromatic carbocycles. The van der Waals surface area contributed by atoms with Crippen LogP contribution in [0.4, 0.5) is 0 Å². The molecule has 0 saturated carbocycles. The fourth-order valence-corrected chi connectivity index (χ4v) is 1.78. The van der Waals surface area contributed by atoms with Crippen LogP contribution in [0.3, 0.4) is 0 Å². The highest BCUT2D eigenvalue weighted by Crippen LogP contribution is 2.25. The lowest BCUT2D eigenvalue weighted by molar-refractivity contribution is -0.150. The van der Waals surface area contributed by atoms with Crippen molar-refractivity contribution in [2.24, 2.45) is 16.8 Å². The smallest absolute Gasteiger partial charge is 0.311 e. The molecule has 1 aliphatic heterocycles. The van der Waals surface area contributed by atoms with Crippen molar-refractivity contribution in [3.63, 3.8) is 0 Å². The van der Waals surface area contributed by atoms with Crippen LogP contribution in [0.5, 0.6) is 0 Å². The number of esters is 1. The van der Waals surface area contributed by atoms with E-state index in [2.05, 4.69) is 11.9 Å². The van der Waals surface area contributed by atoms with Crippen LogP contribution in [-0.4, -0.2) is 24.8 Å². The van der Waals surface area contributed by atoms with E-state index in [9.17, 15) is 4.79 Å². The Hall–Kier alpha value is -0.860. The van der Waals surface area contributed by atoms with Crippen molar-refractivity contribution in [1.82, 2.24) is 0 Å². The number of nitrogens with zero attached hydrogens (tertiary/aromatic N) is 1. The molecule has 1 rings (SSSR count). The standard InChI is InChI=1S/C10H17NO2/c1-4-13-10(12)9-7(2)5-6-11-8(9)3/h6-9H,4-5H2,1-3H3. The number of carbonyl (C=O) groups excluding carboxylic acids is 1. The van der Waals surface area contributed by atoms with Crippen molar-refractivity contribution in [3.05, 3.63) is 0 Å². The minimum atomic E-state index is -0.0978. The highest BCUT2D eigenvalue weighted by molar-refractivity contribution is 5.75. The van der Waals surface area contributed by atoms with Gasteiger partial charge in [-0.25, -0.2) is 0 Å². The molecule has 0 spiro atoms. The molecule has 0 aromatic heterocycles. The largest absolute Gasteiger partial charge is 0.466 e. The first-order chi connectivity index (χ1) is 6.16. The molecule has 3 atom stereocenters. The maximum Gasteiger partial charge on any atom is 0.311 e. The zero-order valence-electron chi connectivity index (χ0n) is 8.49. The summed E-state index contributed by atoms with van der Waals surface area (Å²) >= 11 is 0. The van der Waals surface area contributed by atoms with Gasteiger partial charge in [0.25, 0.3) is 0 Å². The summed E-state index contributed by atoms with van der Waals surface area (Å²) in [6.07, 6.45) is 2.79. The quantitative estimate of drug-likeness (QED) is 0.611. The van der Waals surface area contributed by atoms with Gasteiger partial charge in [0.15, 0.2) is 0 Å². The SMILES string of the molecule is CCOC(=O)C1C(C)CC=NC1C. The number of aliphatic imine (C=N–C) groups is 1. The van der Waals surface area contributed by atoms with E-state index in [1.807, 2.05) is 20.1 Å². The topological polar surface area (TPSA) is 38.7 Å². The Balaban J connectivity index is 2.65. The Kier molecular flexibility index (Phi) is 3.46. The maximum absolute atomic E-state index is 11.5. The highest BCUT2D eigenvalue weighted by atomic mass is 16.5. The zero-order chi connectivity index (χ0) is 9.84. The molecule has 0 amide bonds. The van der Waals surface area contributed by atoms with Crippen LogP contribution in [0.25, 0.3) is 0 Å². The molecule has 74 valence electrons. The average Bonchev–Trinajstić information content (AvgIpc) is 2.04. The molecule has 0 aromatic rings. The lowest BCUT2D eigenvalue weighted by Crippen LogP contribution is -2.35. The van der Waals surface area contributed by atoms with Gasteiger partial charge in [-0.3, -0.25) is 9.79 Å². The molecule has 0 radical (unpaired) electrons. The Labute approximate surface area is 79.2 Å². The van der Waals surface area contributed by atoms with Crippen LogP contribution >= 0.6 is 0 Å². The number of hydrogen-bond donors (Lipinski definition) is 0. The van der Waals surface area contributed by atoms with E-state index >= 15 is 0 Å². The van der Waals surface area contributed by atoms with E-state index in [-0.39, 0.29) is 17.9 Å². The predicted octanol–water partition coefficient (Wildman–Crippen LogP) is 1.66. The van der Waals surface area contributed by atoms with Gasteiger partial charge in [0.05, 0.1) is 18.6 Å². The monoisotopic (exact) mass is 183 g/mol. The summed E-state index contributed by atoms with van der Waals surface area (Å²) in [4.78, 5) is 15.8. The molecule has 3 unspecified atom stereocenters. The molecule has 3 nitrogen and oxygen atoms in total. The molecular formula is C10H17NO2. The van der Waals surface area contributed by atoms with Gasteiger partial charge in [-0.15, -0.1) is 0 Å². The average molecular weight is 183 g/mol. The van der Waals surface area contributed by atoms with Crippen LogP contribution < -0.4 is 0 Å². The van der Waals surface area contributed by atoms with Crippen LogP contribution in [-0.2, 0) is 9.53 Å². The van der Waals surface area contributed by atoms with Gasteiger partial charge >= 0.3 is 5.97 Å². The molecule has 3 heteroatoms. The van der Waals surface area contributed by atoms with Gasteiger partial charge < -0.3 is 4.74 Å². The van der Waals surface area contributed by atoms with Crippen molar-refractivity contribution in [2.45, 2.75) is 33.2 Å². The van der Waals surface area contributed by atoms with E-state index in [0.717, 1.165) is 6.42 Å². The number of hydrogen-bond acceptors (Lipinski definition) is 3. The van der Waals surface area contributed by atoms with Crippen LogP contribution in [0.2, 0.25) is 0 Å². The molecule has 1 aliphatic rings. The van der Waals surface area contributed by atoms with E-state index in [0.29, 0.717) is 12.5 Å². The summed E-state index contributed by atoms with van der Waals surface area (Å²) in [7, 11) is 0. The third-order valence-corrected chi connectivity index (χ3v) is 2.51. The first-order valence-electron chi connectivity index (χ1n) is 4.85. The lowest BCUT2D eigenvalue weighted by atomic mass is 9.84. The third-order valence-electron chi connectivity index (χ3n) is 2.51. The maximum atomic E-state index is 11.5. The minimum absolute atomic E-state index is 0.0510. The van der Waals surface area contributed by atoms with Gasteiger partial charge in [0.1, 0.15) is 0 Å². The summed E-state index contributed by atoms with van der Waals surface area (Å²) in [6, 6.07) is 0.0720. The molecular weight excluding hydrogens is 166 g/mol. The Morgan fingerprint density at radius 2 is 2.31 bits per heavy atom. The highest BCUT2D eigenvalue weighted by Gasteiger charge is 2.33. The molecule has 0 saturated heterocycles. The fraction of sp³-hybridized carbons (Fsp3) is 0.800. The number of carbonyl (C=O) groups is 1. The van der Waals surface area contributed by atoms with Gasteiger partial charge in [-0.1, -0.05) is 6.92 Å².